The Morgan fingerprint density at radius 1 is 1.42 bits per heavy atom. The Hall–Kier alpha value is -1.27. The van der Waals surface area contributed by atoms with Gasteiger partial charge in [-0.1, -0.05) is 29.3 Å². The van der Waals surface area contributed by atoms with E-state index >= 15 is 0 Å². The van der Waals surface area contributed by atoms with Gasteiger partial charge in [0.25, 0.3) is 0 Å². The molecule has 0 saturated heterocycles. The summed E-state index contributed by atoms with van der Waals surface area (Å²) in [4.78, 5) is 15.7. The smallest absolute Gasteiger partial charge is 0.307 e. The van der Waals surface area contributed by atoms with Gasteiger partial charge in [-0.05, 0) is 18.2 Å². The summed E-state index contributed by atoms with van der Waals surface area (Å²) in [6.45, 7) is 0.645. The van der Waals surface area contributed by atoms with Crippen LogP contribution >= 0.6 is 23.2 Å². The Balaban J connectivity index is 2.90. The van der Waals surface area contributed by atoms with Crippen LogP contribution in [-0.4, -0.2) is 24.2 Å². The highest BCUT2D eigenvalue weighted by Crippen LogP contribution is 2.25. The van der Waals surface area contributed by atoms with E-state index in [1.54, 1.807) is 18.2 Å². The number of nitrogens with one attached hydrogen (secondary N) is 1. The molecule has 0 spiro atoms. The minimum Gasteiger partial charge on any atom is -0.481 e. The number of halogens is 2. The molecule has 0 amide bonds. The van der Waals surface area contributed by atoms with Crippen molar-refractivity contribution in [2.45, 2.75) is 6.42 Å². The molecule has 0 unspecified atom stereocenters. The standard InChI is InChI=1S/C12H14Cl2N2O3/c13-9-2-1-8(7-10(9)14)11(3-4-12(17)18)16-19-6-5-15/h1-3,7,16H,4-6,15H2,(H,17,18)/b11-3-. The van der Waals surface area contributed by atoms with Gasteiger partial charge in [0.15, 0.2) is 0 Å². The van der Waals surface area contributed by atoms with Gasteiger partial charge < -0.3 is 10.8 Å². The molecule has 0 aliphatic rings. The van der Waals surface area contributed by atoms with E-state index in [0.29, 0.717) is 34.5 Å². The molecule has 0 radical (unpaired) electrons. The zero-order valence-corrected chi connectivity index (χ0v) is 11.5. The van der Waals surface area contributed by atoms with Gasteiger partial charge in [-0.25, -0.2) is 0 Å². The number of aliphatic carboxylic acids is 1. The maximum atomic E-state index is 10.6. The summed E-state index contributed by atoms with van der Waals surface area (Å²) in [5, 5.41) is 9.50. The molecule has 104 valence electrons. The average molecular weight is 305 g/mol. The van der Waals surface area contributed by atoms with Crippen LogP contribution in [0.15, 0.2) is 24.3 Å². The number of rotatable bonds is 7. The molecule has 0 aromatic heterocycles. The molecule has 0 aliphatic carbocycles. The lowest BCUT2D eigenvalue weighted by Gasteiger charge is -2.11. The summed E-state index contributed by atoms with van der Waals surface area (Å²) in [6, 6.07) is 4.95. The number of carbonyl (C=O) groups is 1. The van der Waals surface area contributed by atoms with E-state index in [1.165, 1.54) is 6.08 Å². The van der Waals surface area contributed by atoms with E-state index in [2.05, 4.69) is 5.48 Å². The number of nitrogens with two attached hydrogens (primary N) is 1. The van der Waals surface area contributed by atoms with Crippen molar-refractivity contribution < 1.29 is 14.7 Å². The van der Waals surface area contributed by atoms with E-state index in [0.717, 1.165) is 0 Å². The molecule has 0 saturated carbocycles. The van der Waals surface area contributed by atoms with Crippen LogP contribution in [0.25, 0.3) is 5.70 Å². The summed E-state index contributed by atoms with van der Waals surface area (Å²) in [7, 11) is 0. The number of carboxylic acid groups (broad SMARTS) is 1. The van der Waals surface area contributed by atoms with Crippen molar-refractivity contribution in [3.8, 4) is 0 Å². The fourth-order valence-corrected chi connectivity index (χ4v) is 1.56. The second kappa shape index (κ2) is 8.01. The van der Waals surface area contributed by atoms with Gasteiger partial charge in [-0.3, -0.25) is 15.1 Å². The van der Waals surface area contributed by atoms with Crippen molar-refractivity contribution in [2.75, 3.05) is 13.2 Å². The monoisotopic (exact) mass is 304 g/mol. The third-order valence-corrected chi connectivity index (χ3v) is 2.85. The molecule has 5 nitrogen and oxygen atoms in total. The fourth-order valence-electron chi connectivity index (χ4n) is 1.26. The Morgan fingerprint density at radius 3 is 2.74 bits per heavy atom. The lowest BCUT2D eigenvalue weighted by molar-refractivity contribution is -0.136. The van der Waals surface area contributed by atoms with E-state index in [-0.39, 0.29) is 6.42 Å². The number of hydroxylamine groups is 1. The SMILES string of the molecule is NCCON/C(=C\CC(=O)O)c1ccc(Cl)c(Cl)c1. The number of benzene rings is 1. The third-order valence-electron chi connectivity index (χ3n) is 2.11. The van der Waals surface area contributed by atoms with Gasteiger partial charge >= 0.3 is 5.97 Å². The molecule has 7 heteroatoms. The Bertz CT molecular complexity index is 478. The van der Waals surface area contributed by atoms with Crippen LogP contribution in [-0.2, 0) is 9.63 Å². The highest BCUT2D eigenvalue weighted by molar-refractivity contribution is 6.42. The minimum atomic E-state index is -0.946. The molecule has 19 heavy (non-hydrogen) atoms. The quantitative estimate of drug-likeness (QED) is 0.531. The predicted molar refractivity (Wildman–Crippen MR) is 74.8 cm³/mol. The molecule has 0 bridgehead atoms. The van der Waals surface area contributed by atoms with E-state index < -0.39 is 5.97 Å². The van der Waals surface area contributed by atoms with Gasteiger partial charge in [0.2, 0.25) is 0 Å². The van der Waals surface area contributed by atoms with Crippen LogP contribution in [0.2, 0.25) is 10.0 Å². The lowest BCUT2D eigenvalue weighted by atomic mass is 10.1. The molecule has 1 aromatic carbocycles. The number of carboxylic acids is 1. The lowest BCUT2D eigenvalue weighted by Crippen LogP contribution is -2.19. The first-order chi connectivity index (χ1) is 9.04. The largest absolute Gasteiger partial charge is 0.481 e. The predicted octanol–water partition coefficient (Wildman–Crippen LogP) is 2.29. The van der Waals surface area contributed by atoms with E-state index in [4.69, 9.17) is 38.9 Å². The molecular formula is C12H14Cl2N2O3. The molecule has 1 aromatic rings. The average Bonchev–Trinajstić information content (AvgIpc) is 2.37. The zero-order chi connectivity index (χ0) is 14.3. The normalized spacial score (nSPS) is 11.4. The van der Waals surface area contributed by atoms with Gasteiger partial charge in [-0.2, -0.15) is 0 Å². The Morgan fingerprint density at radius 2 is 2.16 bits per heavy atom. The van der Waals surface area contributed by atoms with Gasteiger partial charge in [-0.15, -0.1) is 0 Å². The first kappa shape index (κ1) is 15.8. The molecule has 0 heterocycles. The summed E-state index contributed by atoms with van der Waals surface area (Å²) >= 11 is 11.7. The molecular weight excluding hydrogens is 291 g/mol. The summed E-state index contributed by atoms with van der Waals surface area (Å²) in [6.07, 6.45) is 1.34. The highest BCUT2D eigenvalue weighted by atomic mass is 35.5. The van der Waals surface area contributed by atoms with Crippen molar-refractivity contribution in [1.82, 2.24) is 5.48 Å². The Kier molecular flexibility index (Phi) is 6.66. The Labute approximate surface area is 120 Å². The van der Waals surface area contributed by atoms with Gasteiger partial charge in [0.1, 0.15) is 0 Å². The van der Waals surface area contributed by atoms with E-state index in [1.807, 2.05) is 0 Å². The van der Waals surface area contributed by atoms with Crippen molar-refractivity contribution in [3.05, 3.63) is 39.9 Å². The second-order valence-electron chi connectivity index (χ2n) is 3.58. The second-order valence-corrected chi connectivity index (χ2v) is 4.40. The molecule has 4 N–H and O–H groups in total. The van der Waals surface area contributed by atoms with Crippen molar-refractivity contribution >= 4 is 34.9 Å². The highest BCUT2D eigenvalue weighted by Gasteiger charge is 2.06. The van der Waals surface area contributed by atoms with Gasteiger partial charge in [0, 0.05) is 12.1 Å². The van der Waals surface area contributed by atoms with Crippen LogP contribution in [0, 0.1) is 0 Å². The van der Waals surface area contributed by atoms with Crippen LogP contribution in [0.5, 0.6) is 0 Å². The molecule has 0 atom stereocenters. The van der Waals surface area contributed by atoms with E-state index in [9.17, 15) is 4.79 Å². The summed E-state index contributed by atoms with van der Waals surface area (Å²) in [5.41, 5.74) is 9.13. The molecule has 0 aliphatic heterocycles. The van der Waals surface area contributed by atoms with Crippen LogP contribution in [0.3, 0.4) is 0 Å². The van der Waals surface area contributed by atoms with Crippen molar-refractivity contribution in [2.24, 2.45) is 5.73 Å². The van der Waals surface area contributed by atoms with Crippen molar-refractivity contribution in [1.29, 1.82) is 0 Å². The minimum absolute atomic E-state index is 0.144. The maximum absolute atomic E-state index is 10.6. The first-order valence-corrected chi connectivity index (χ1v) is 6.25. The molecule has 1 rings (SSSR count). The fraction of sp³-hybridized carbons (Fsp3) is 0.250. The zero-order valence-electron chi connectivity index (χ0n) is 10.0. The summed E-state index contributed by atoms with van der Waals surface area (Å²) < 4.78 is 0. The first-order valence-electron chi connectivity index (χ1n) is 5.50. The topological polar surface area (TPSA) is 84.6 Å². The van der Waals surface area contributed by atoms with Crippen LogP contribution in [0.4, 0.5) is 0 Å². The van der Waals surface area contributed by atoms with Gasteiger partial charge in [0.05, 0.1) is 28.8 Å². The van der Waals surface area contributed by atoms with Crippen molar-refractivity contribution in [3.63, 3.8) is 0 Å². The number of hydrogen-bond donors (Lipinski definition) is 3. The van der Waals surface area contributed by atoms with Crippen LogP contribution in [0.1, 0.15) is 12.0 Å². The maximum Gasteiger partial charge on any atom is 0.307 e. The number of hydrogen-bond acceptors (Lipinski definition) is 4. The van der Waals surface area contributed by atoms with Crippen LogP contribution < -0.4 is 11.2 Å². The summed E-state index contributed by atoms with van der Waals surface area (Å²) in [5.74, 6) is -0.946. The molecule has 0 fully saturated rings. The third kappa shape index (κ3) is 5.48.